The molecule has 1 aliphatic heterocycles. The molecule has 3 heteroatoms. The standard InChI is InChI=1S/C11H20ClNO/c1-3-9-7-5-6-8-13(9)11(14)10(12)4-2/h9-10H,3-8H2,1-2H3. The Morgan fingerprint density at radius 1 is 1.50 bits per heavy atom. The van der Waals surface area contributed by atoms with E-state index in [-0.39, 0.29) is 11.3 Å². The van der Waals surface area contributed by atoms with Gasteiger partial charge in [0.25, 0.3) is 0 Å². The third-order valence-corrected chi connectivity index (χ3v) is 3.50. The van der Waals surface area contributed by atoms with Gasteiger partial charge in [0.05, 0.1) is 0 Å². The van der Waals surface area contributed by atoms with Crippen LogP contribution in [0.1, 0.15) is 46.0 Å². The van der Waals surface area contributed by atoms with Gasteiger partial charge in [-0.05, 0) is 32.1 Å². The van der Waals surface area contributed by atoms with Crippen molar-refractivity contribution in [2.24, 2.45) is 0 Å². The lowest BCUT2D eigenvalue weighted by molar-refractivity contribution is -0.134. The molecule has 0 radical (unpaired) electrons. The highest BCUT2D eigenvalue weighted by molar-refractivity contribution is 6.30. The van der Waals surface area contributed by atoms with Crippen molar-refractivity contribution < 1.29 is 4.79 Å². The van der Waals surface area contributed by atoms with Gasteiger partial charge in [0.1, 0.15) is 5.38 Å². The van der Waals surface area contributed by atoms with E-state index in [1.165, 1.54) is 6.42 Å². The first-order valence-corrected chi connectivity index (χ1v) is 6.08. The summed E-state index contributed by atoms with van der Waals surface area (Å²) >= 11 is 5.98. The predicted molar refractivity (Wildman–Crippen MR) is 59.6 cm³/mol. The minimum absolute atomic E-state index is 0.140. The molecular weight excluding hydrogens is 198 g/mol. The number of piperidine rings is 1. The molecule has 0 aromatic rings. The summed E-state index contributed by atoms with van der Waals surface area (Å²) in [5.74, 6) is 0.140. The monoisotopic (exact) mass is 217 g/mol. The highest BCUT2D eigenvalue weighted by Crippen LogP contribution is 2.21. The van der Waals surface area contributed by atoms with E-state index < -0.39 is 0 Å². The molecule has 1 fully saturated rings. The minimum atomic E-state index is -0.317. The third-order valence-electron chi connectivity index (χ3n) is 3.01. The fourth-order valence-corrected chi connectivity index (χ4v) is 2.20. The second kappa shape index (κ2) is 5.59. The fourth-order valence-electron chi connectivity index (χ4n) is 2.07. The van der Waals surface area contributed by atoms with Gasteiger partial charge in [-0.25, -0.2) is 0 Å². The van der Waals surface area contributed by atoms with Crippen molar-refractivity contribution >= 4 is 17.5 Å². The number of hydrogen-bond acceptors (Lipinski definition) is 1. The first-order chi connectivity index (χ1) is 6.70. The Bertz CT molecular complexity index is 196. The summed E-state index contributed by atoms with van der Waals surface area (Å²) in [4.78, 5) is 13.9. The van der Waals surface area contributed by atoms with E-state index in [0.717, 1.165) is 32.2 Å². The lowest BCUT2D eigenvalue weighted by Gasteiger charge is -2.36. The zero-order valence-electron chi connectivity index (χ0n) is 9.13. The molecule has 0 saturated carbocycles. The quantitative estimate of drug-likeness (QED) is 0.666. The second-order valence-electron chi connectivity index (χ2n) is 3.97. The Morgan fingerprint density at radius 3 is 2.79 bits per heavy atom. The highest BCUT2D eigenvalue weighted by atomic mass is 35.5. The van der Waals surface area contributed by atoms with Crippen LogP contribution in [0.25, 0.3) is 0 Å². The average Bonchev–Trinajstić information content (AvgIpc) is 2.26. The first-order valence-electron chi connectivity index (χ1n) is 5.65. The summed E-state index contributed by atoms with van der Waals surface area (Å²) in [5, 5.41) is -0.317. The van der Waals surface area contributed by atoms with Crippen LogP contribution in [0.4, 0.5) is 0 Å². The number of hydrogen-bond donors (Lipinski definition) is 0. The summed E-state index contributed by atoms with van der Waals surface area (Å²) in [5.41, 5.74) is 0. The first kappa shape index (κ1) is 11.8. The van der Waals surface area contributed by atoms with Gasteiger partial charge in [-0.1, -0.05) is 13.8 Å². The molecule has 1 heterocycles. The molecule has 0 aliphatic carbocycles. The van der Waals surface area contributed by atoms with Crippen LogP contribution in [0.2, 0.25) is 0 Å². The van der Waals surface area contributed by atoms with E-state index >= 15 is 0 Å². The van der Waals surface area contributed by atoms with Crippen molar-refractivity contribution in [3.8, 4) is 0 Å². The molecule has 2 nitrogen and oxygen atoms in total. The van der Waals surface area contributed by atoms with Crippen molar-refractivity contribution in [3.63, 3.8) is 0 Å². The molecule has 0 bridgehead atoms. The van der Waals surface area contributed by atoms with Gasteiger partial charge in [-0.15, -0.1) is 11.6 Å². The summed E-state index contributed by atoms with van der Waals surface area (Å²) < 4.78 is 0. The number of halogens is 1. The maximum absolute atomic E-state index is 11.9. The smallest absolute Gasteiger partial charge is 0.240 e. The van der Waals surface area contributed by atoms with Crippen LogP contribution in [0, 0.1) is 0 Å². The number of nitrogens with zero attached hydrogens (tertiary/aromatic N) is 1. The zero-order valence-corrected chi connectivity index (χ0v) is 9.89. The number of rotatable bonds is 3. The topological polar surface area (TPSA) is 20.3 Å². The molecular formula is C11H20ClNO. The summed E-state index contributed by atoms with van der Waals surface area (Å²) in [6, 6.07) is 0.434. The van der Waals surface area contributed by atoms with Crippen LogP contribution in [0.3, 0.4) is 0 Å². The normalized spacial score (nSPS) is 24.8. The predicted octanol–water partition coefficient (Wildman–Crippen LogP) is 2.79. The number of alkyl halides is 1. The maximum Gasteiger partial charge on any atom is 0.240 e. The highest BCUT2D eigenvalue weighted by Gasteiger charge is 2.28. The zero-order chi connectivity index (χ0) is 10.6. The van der Waals surface area contributed by atoms with Gasteiger partial charge >= 0.3 is 0 Å². The largest absolute Gasteiger partial charge is 0.338 e. The average molecular weight is 218 g/mol. The van der Waals surface area contributed by atoms with E-state index in [0.29, 0.717) is 6.04 Å². The number of carbonyl (C=O) groups excluding carboxylic acids is 1. The molecule has 14 heavy (non-hydrogen) atoms. The fraction of sp³-hybridized carbons (Fsp3) is 0.909. The number of likely N-dealkylation sites (tertiary alicyclic amines) is 1. The van der Waals surface area contributed by atoms with Crippen molar-refractivity contribution in [1.29, 1.82) is 0 Å². The Kier molecular flexibility index (Phi) is 4.73. The van der Waals surface area contributed by atoms with E-state index in [4.69, 9.17) is 11.6 Å². The molecule has 2 atom stereocenters. The van der Waals surface area contributed by atoms with Gasteiger partial charge < -0.3 is 4.90 Å². The summed E-state index contributed by atoms with van der Waals surface area (Å²) in [7, 11) is 0. The van der Waals surface area contributed by atoms with Crippen LogP contribution < -0.4 is 0 Å². The SMILES string of the molecule is CCC(Cl)C(=O)N1CCCCC1CC. The van der Waals surface area contributed by atoms with Crippen LogP contribution >= 0.6 is 11.6 Å². The molecule has 82 valence electrons. The van der Waals surface area contributed by atoms with Gasteiger partial charge in [0, 0.05) is 12.6 Å². The Morgan fingerprint density at radius 2 is 2.21 bits per heavy atom. The second-order valence-corrected chi connectivity index (χ2v) is 4.49. The summed E-state index contributed by atoms with van der Waals surface area (Å²) in [6.45, 7) is 5.01. The Balaban J connectivity index is 2.58. The molecule has 1 aliphatic rings. The number of amides is 1. The van der Waals surface area contributed by atoms with Gasteiger partial charge in [0.15, 0.2) is 0 Å². The molecule has 1 rings (SSSR count). The van der Waals surface area contributed by atoms with Crippen molar-refractivity contribution in [2.75, 3.05) is 6.54 Å². The summed E-state index contributed by atoms with van der Waals surface area (Å²) in [6.07, 6.45) is 5.32. The van der Waals surface area contributed by atoms with Gasteiger partial charge in [-0.3, -0.25) is 4.79 Å². The molecule has 1 amide bonds. The van der Waals surface area contributed by atoms with E-state index in [1.54, 1.807) is 0 Å². The van der Waals surface area contributed by atoms with Crippen LogP contribution in [0.5, 0.6) is 0 Å². The van der Waals surface area contributed by atoms with E-state index in [2.05, 4.69) is 6.92 Å². The Labute approximate surface area is 91.6 Å². The van der Waals surface area contributed by atoms with Crippen molar-refractivity contribution in [2.45, 2.75) is 57.4 Å². The molecule has 0 aromatic heterocycles. The van der Waals surface area contributed by atoms with Crippen LogP contribution in [-0.4, -0.2) is 28.8 Å². The molecule has 0 spiro atoms. The van der Waals surface area contributed by atoms with Crippen LogP contribution in [-0.2, 0) is 4.79 Å². The lowest BCUT2D eigenvalue weighted by Crippen LogP contribution is -2.46. The van der Waals surface area contributed by atoms with Crippen molar-refractivity contribution in [3.05, 3.63) is 0 Å². The van der Waals surface area contributed by atoms with E-state index in [9.17, 15) is 4.79 Å². The van der Waals surface area contributed by atoms with Gasteiger partial charge in [-0.2, -0.15) is 0 Å². The lowest BCUT2D eigenvalue weighted by atomic mass is 9.99. The van der Waals surface area contributed by atoms with Gasteiger partial charge in [0.2, 0.25) is 5.91 Å². The minimum Gasteiger partial charge on any atom is -0.338 e. The molecule has 0 N–H and O–H groups in total. The maximum atomic E-state index is 11.9. The third kappa shape index (κ3) is 2.63. The van der Waals surface area contributed by atoms with E-state index in [1.807, 2.05) is 11.8 Å². The molecule has 2 unspecified atom stereocenters. The van der Waals surface area contributed by atoms with Crippen molar-refractivity contribution in [1.82, 2.24) is 4.90 Å². The molecule has 1 saturated heterocycles. The Hall–Kier alpha value is -0.240. The number of carbonyl (C=O) groups is 1. The molecule has 0 aromatic carbocycles. The van der Waals surface area contributed by atoms with Crippen LogP contribution in [0.15, 0.2) is 0 Å².